The van der Waals surface area contributed by atoms with Crippen LogP contribution in [0.25, 0.3) is 0 Å². The average Bonchev–Trinajstić information content (AvgIpc) is 2.96. The van der Waals surface area contributed by atoms with Crippen LogP contribution < -0.4 is 21.7 Å². The van der Waals surface area contributed by atoms with E-state index < -0.39 is 17.9 Å². The maximum Gasteiger partial charge on any atom is 2.00 e. The van der Waals surface area contributed by atoms with E-state index in [-0.39, 0.29) is 27.5 Å². The molecule has 8 heteroatoms. The molecule has 1 aliphatic carbocycles. The van der Waals surface area contributed by atoms with Crippen molar-refractivity contribution in [3.63, 3.8) is 0 Å². The standard InChI is InChI=1S/C11H21NO4.C6H14N2.Pt/c1-3-12(4-2)8-6-5-7-9(10(13)14)11(15)16;7-4-5-2-1-3-6(5)8;/h9H,3-8H2,1-2H3,(H,13,14)(H,15,16);5-6H,1-4,7-8H2;/q;;+2/p-2/t;5-,6-;/m.1./s1. The van der Waals surface area contributed by atoms with E-state index in [9.17, 15) is 19.8 Å². The van der Waals surface area contributed by atoms with Crippen LogP contribution in [0.1, 0.15) is 52.4 Å². The summed E-state index contributed by atoms with van der Waals surface area (Å²) in [6.07, 6.45) is 5.15. The van der Waals surface area contributed by atoms with Crippen molar-refractivity contribution in [1.82, 2.24) is 4.90 Å². The fraction of sp³-hybridized carbons (Fsp3) is 0.882. The summed E-state index contributed by atoms with van der Waals surface area (Å²) < 4.78 is 0. The van der Waals surface area contributed by atoms with Crippen LogP contribution >= 0.6 is 0 Å². The van der Waals surface area contributed by atoms with Crippen molar-refractivity contribution in [1.29, 1.82) is 0 Å². The van der Waals surface area contributed by atoms with Crippen LogP contribution in [-0.2, 0) is 30.7 Å². The minimum atomic E-state index is -1.55. The topological polar surface area (TPSA) is 136 Å². The number of nitrogens with two attached hydrogens (primary N) is 2. The molecule has 0 saturated heterocycles. The van der Waals surface area contributed by atoms with E-state index >= 15 is 0 Å². The number of rotatable bonds is 10. The second kappa shape index (κ2) is 15.7. The number of carbonyl (C=O) groups is 2. The summed E-state index contributed by atoms with van der Waals surface area (Å²) in [5.74, 6) is -3.96. The summed E-state index contributed by atoms with van der Waals surface area (Å²) in [4.78, 5) is 23.1. The Morgan fingerprint density at radius 2 is 1.68 bits per heavy atom. The van der Waals surface area contributed by atoms with Crippen LogP contribution in [0.4, 0.5) is 0 Å². The van der Waals surface area contributed by atoms with Crippen molar-refractivity contribution < 1.29 is 40.9 Å². The summed E-state index contributed by atoms with van der Waals surface area (Å²) in [6, 6.07) is 0.403. The van der Waals surface area contributed by atoms with Crippen LogP contribution in [0.5, 0.6) is 0 Å². The van der Waals surface area contributed by atoms with E-state index in [1.54, 1.807) is 0 Å². The monoisotopic (exact) mass is 538 g/mol. The van der Waals surface area contributed by atoms with Crippen LogP contribution in [0.15, 0.2) is 0 Å². The molecule has 2 atom stereocenters. The molecule has 4 N–H and O–H groups in total. The van der Waals surface area contributed by atoms with Gasteiger partial charge in [0.25, 0.3) is 0 Å². The molecule has 150 valence electrons. The maximum atomic E-state index is 10.4. The van der Waals surface area contributed by atoms with E-state index in [2.05, 4.69) is 18.7 Å². The fourth-order valence-corrected chi connectivity index (χ4v) is 2.91. The summed E-state index contributed by atoms with van der Waals surface area (Å²) in [7, 11) is 0. The molecule has 0 spiro atoms. The largest absolute Gasteiger partial charge is 2.00 e. The molecule has 0 bridgehead atoms. The first-order chi connectivity index (χ1) is 11.4. The quantitative estimate of drug-likeness (QED) is 0.260. The first kappa shape index (κ1) is 26.7. The molecule has 1 saturated carbocycles. The minimum Gasteiger partial charge on any atom is -0.549 e. The normalized spacial score (nSPS) is 19.3. The van der Waals surface area contributed by atoms with Crippen molar-refractivity contribution in [3.05, 3.63) is 0 Å². The summed E-state index contributed by atoms with van der Waals surface area (Å²) in [5, 5.41) is 20.9. The van der Waals surface area contributed by atoms with Crippen LogP contribution in [0.2, 0.25) is 0 Å². The zero-order chi connectivity index (χ0) is 18.5. The van der Waals surface area contributed by atoms with Crippen LogP contribution in [-0.4, -0.2) is 49.1 Å². The van der Waals surface area contributed by atoms with E-state index in [0.29, 0.717) is 18.4 Å². The first-order valence-corrected chi connectivity index (χ1v) is 8.96. The number of aliphatic carboxylic acids is 2. The molecule has 0 aliphatic heterocycles. The summed E-state index contributed by atoms with van der Waals surface area (Å²) in [5.41, 5.74) is 11.2. The molecule has 0 unspecified atom stereocenters. The van der Waals surface area contributed by atoms with Gasteiger partial charge in [-0.25, -0.2) is 0 Å². The van der Waals surface area contributed by atoms with E-state index in [1.807, 2.05) is 0 Å². The van der Waals surface area contributed by atoms with Gasteiger partial charge in [-0.05, 0) is 57.8 Å². The number of nitrogens with zero attached hydrogens (tertiary/aromatic N) is 1. The Bertz CT molecular complexity index is 354. The Labute approximate surface area is 165 Å². The van der Waals surface area contributed by atoms with Gasteiger partial charge in [-0.1, -0.05) is 26.7 Å². The number of carboxylic acids is 2. The van der Waals surface area contributed by atoms with Gasteiger partial charge in [-0.3, -0.25) is 0 Å². The molecule has 25 heavy (non-hydrogen) atoms. The number of unbranched alkanes of at least 4 members (excludes halogenated alkanes) is 1. The van der Waals surface area contributed by atoms with Crippen molar-refractivity contribution >= 4 is 11.9 Å². The Balaban J connectivity index is 0. The van der Waals surface area contributed by atoms with Gasteiger partial charge in [0.2, 0.25) is 0 Å². The third-order valence-electron chi connectivity index (χ3n) is 4.70. The van der Waals surface area contributed by atoms with Gasteiger partial charge in [-0.15, -0.1) is 0 Å². The number of hydrogen-bond acceptors (Lipinski definition) is 7. The van der Waals surface area contributed by atoms with Gasteiger partial charge < -0.3 is 36.2 Å². The minimum absolute atomic E-state index is 0. The van der Waals surface area contributed by atoms with Crippen LogP contribution in [0, 0.1) is 11.8 Å². The second-order valence-corrected chi connectivity index (χ2v) is 6.30. The molecule has 1 rings (SSSR count). The summed E-state index contributed by atoms with van der Waals surface area (Å²) >= 11 is 0. The predicted octanol–water partition coefficient (Wildman–Crippen LogP) is -1.32. The van der Waals surface area contributed by atoms with Gasteiger partial charge in [0.05, 0.1) is 11.9 Å². The third kappa shape index (κ3) is 11.7. The molecule has 1 aliphatic rings. The van der Waals surface area contributed by atoms with E-state index in [4.69, 9.17) is 11.5 Å². The summed E-state index contributed by atoms with van der Waals surface area (Å²) in [6.45, 7) is 7.63. The van der Waals surface area contributed by atoms with E-state index in [1.165, 1.54) is 19.3 Å². The molecule has 0 amide bonds. The van der Waals surface area contributed by atoms with Crippen molar-refractivity contribution in [3.8, 4) is 0 Å². The molecule has 0 aromatic heterocycles. The fourth-order valence-electron chi connectivity index (χ4n) is 2.91. The molecular weight excluding hydrogens is 505 g/mol. The maximum absolute atomic E-state index is 10.4. The van der Waals surface area contributed by atoms with E-state index in [0.717, 1.165) is 32.6 Å². The van der Waals surface area contributed by atoms with Gasteiger partial charge >= 0.3 is 21.1 Å². The Kier molecular flexibility index (Phi) is 16.8. The van der Waals surface area contributed by atoms with Crippen LogP contribution in [0.3, 0.4) is 0 Å². The first-order valence-electron chi connectivity index (χ1n) is 8.96. The average molecular weight is 539 g/mol. The molecule has 7 nitrogen and oxygen atoms in total. The molecule has 0 aromatic rings. The van der Waals surface area contributed by atoms with Crippen molar-refractivity contribution in [2.45, 2.75) is 58.4 Å². The zero-order valence-corrected chi connectivity index (χ0v) is 17.6. The third-order valence-corrected chi connectivity index (χ3v) is 4.70. The molecular formula is C17H33N3O4Pt. The molecule has 0 radical (unpaired) electrons. The van der Waals surface area contributed by atoms with Gasteiger partial charge in [-0.2, -0.15) is 0 Å². The Morgan fingerprint density at radius 1 is 1.12 bits per heavy atom. The Hall–Kier alpha value is -0.492. The number of carboxylic acid groups (broad SMARTS) is 2. The zero-order valence-electron chi connectivity index (χ0n) is 15.4. The van der Waals surface area contributed by atoms with Gasteiger partial charge in [0, 0.05) is 12.0 Å². The molecule has 0 aromatic carbocycles. The molecule has 1 fully saturated rings. The van der Waals surface area contributed by atoms with Crippen molar-refractivity contribution in [2.75, 3.05) is 26.2 Å². The number of hydrogen-bond donors (Lipinski definition) is 2. The van der Waals surface area contributed by atoms with Gasteiger partial charge in [0.1, 0.15) is 0 Å². The van der Waals surface area contributed by atoms with Crippen molar-refractivity contribution in [2.24, 2.45) is 23.3 Å². The SMILES string of the molecule is CCN(CC)CCCCC(C(=O)[O-])C(=O)[O-].NC[C@H]1CCC[C@H]1N.[Pt+2]. The molecule has 0 heterocycles. The van der Waals surface area contributed by atoms with Gasteiger partial charge in [0.15, 0.2) is 0 Å². The Morgan fingerprint density at radius 3 is 2.00 bits per heavy atom. The smallest absolute Gasteiger partial charge is 0.549 e. The number of carbonyl (C=O) groups excluding carboxylic acids is 2. The second-order valence-electron chi connectivity index (χ2n) is 6.30. The predicted molar refractivity (Wildman–Crippen MR) is 89.5 cm³/mol.